The first-order valence-electron chi connectivity index (χ1n) is 6.12. The van der Waals surface area contributed by atoms with E-state index in [-0.39, 0.29) is 5.56 Å². The molecule has 5 nitrogen and oxygen atoms in total. The molecule has 0 amide bonds. The van der Waals surface area contributed by atoms with E-state index in [1.807, 2.05) is 13.8 Å². The molecule has 0 aliphatic heterocycles. The zero-order chi connectivity index (χ0) is 14.3. The maximum absolute atomic E-state index is 12.4. The van der Waals surface area contributed by atoms with Gasteiger partial charge in [0, 0.05) is 10.6 Å². The molecule has 3 aromatic rings. The lowest BCUT2D eigenvalue weighted by molar-refractivity contribution is 0.392. The largest absolute Gasteiger partial charge is 0.361 e. The van der Waals surface area contributed by atoms with Crippen molar-refractivity contribution in [2.75, 3.05) is 0 Å². The van der Waals surface area contributed by atoms with Crippen molar-refractivity contribution in [1.82, 2.24) is 14.7 Å². The van der Waals surface area contributed by atoms with Crippen LogP contribution in [0.3, 0.4) is 0 Å². The number of rotatable bonds is 2. The normalized spacial score (nSPS) is 11.2. The molecule has 20 heavy (non-hydrogen) atoms. The summed E-state index contributed by atoms with van der Waals surface area (Å²) in [6.45, 7) is 4.06. The molecule has 1 aromatic carbocycles. The molecular formula is C14H12ClN3O2. The number of hydrogen-bond acceptors (Lipinski definition) is 4. The van der Waals surface area contributed by atoms with Crippen LogP contribution in [0.4, 0.5) is 0 Å². The van der Waals surface area contributed by atoms with Gasteiger partial charge in [-0.2, -0.15) is 0 Å². The van der Waals surface area contributed by atoms with Crippen molar-refractivity contribution in [2.45, 2.75) is 20.4 Å². The van der Waals surface area contributed by atoms with Gasteiger partial charge in [0.1, 0.15) is 5.76 Å². The minimum absolute atomic E-state index is 0.127. The van der Waals surface area contributed by atoms with Gasteiger partial charge < -0.3 is 4.52 Å². The van der Waals surface area contributed by atoms with E-state index in [9.17, 15) is 4.79 Å². The SMILES string of the molecule is Cc1noc(C)c1Cn1cnc2ccc(Cl)cc2c1=O. The highest BCUT2D eigenvalue weighted by molar-refractivity contribution is 6.31. The highest BCUT2D eigenvalue weighted by Gasteiger charge is 2.12. The molecule has 0 unspecified atom stereocenters. The van der Waals surface area contributed by atoms with Crippen LogP contribution in [0.25, 0.3) is 10.9 Å². The van der Waals surface area contributed by atoms with Crippen molar-refractivity contribution in [1.29, 1.82) is 0 Å². The molecule has 0 saturated heterocycles. The Bertz CT molecular complexity index is 832. The third-order valence-electron chi connectivity index (χ3n) is 3.30. The van der Waals surface area contributed by atoms with Gasteiger partial charge in [-0.1, -0.05) is 16.8 Å². The van der Waals surface area contributed by atoms with Crippen molar-refractivity contribution in [3.63, 3.8) is 0 Å². The van der Waals surface area contributed by atoms with Crippen LogP contribution in [-0.2, 0) is 6.54 Å². The molecule has 0 spiro atoms. The Kier molecular flexibility index (Phi) is 3.06. The quantitative estimate of drug-likeness (QED) is 0.728. The molecule has 2 heterocycles. The van der Waals surface area contributed by atoms with Crippen LogP contribution < -0.4 is 5.56 Å². The van der Waals surface area contributed by atoms with Crippen LogP contribution in [0.2, 0.25) is 5.02 Å². The smallest absolute Gasteiger partial charge is 0.261 e. The summed E-state index contributed by atoms with van der Waals surface area (Å²) in [6.07, 6.45) is 1.53. The maximum Gasteiger partial charge on any atom is 0.261 e. The zero-order valence-electron chi connectivity index (χ0n) is 11.1. The number of benzene rings is 1. The highest BCUT2D eigenvalue weighted by atomic mass is 35.5. The van der Waals surface area contributed by atoms with Gasteiger partial charge in [0.2, 0.25) is 0 Å². The molecule has 3 rings (SSSR count). The summed E-state index contributed by atoms with van der Waals surface area (Å²) in [6, 6.07) is 5.09. The third-order valence-corrected chi connectivity index (χ3v) is 3.53. The second-order valence-corrected chi connectivity index (χ2v) is 5.08. The first kappa shape index (κ1) is 12.9. The summed E-state index contributed by atoms with van der Waals surface area (Å²) in [5.41, 5.74) is 2.18. The average Bonchev–Trinajstić information content (AvgIpc) is 2.74. The Hall–Kier alpha value is -2.14. The van der Waals surface area contributed by atoms with Gasteiger partial charge >= 0.3 is 0 Å². The van der Waals surface area contributed by atoms with E-state index in [4.69, 9.17) is 16.1 Å². The molecule has 0 atom stereocenters. The number of halogens is 1. The van der Waals surface area contributed by atoms with E-state index in [1.165, 1.54) is 10.9 Å². The van der Waals surface area contributed by atoms with E-state index < -0.39 is 0 Å². The topological polar surface area (TPSA) is 60.9 Å². The summed E-state index contributed by atoms with van der Waals surface area (Å²) >= 11 is 5.94. The Balaban J connectivity index is 2.13. The Morgan fingerprint density at radius 1 is 1.35 bits per heavy atom. The van der Waals surface area contributed by atoms with Gasteiger partial charge in [-0.15, -0.1) is 0 Å². The fourth-order valence-electron chi connectivity index (χ4n) is 2.14. The summed E-state index contributed by atoms with van der Waals surface area (Å²) in [4.78, 5) is 16.7. The number of fused-ring (bicyclic) bond motifs is 1. The standard InChI is InChI=1S/C14H12ClN3O2/c1-8-12(9(2)20-17-8)6-18-7-16-13-4-3-10(15)5-11(13)14(18)19/h3-5,7H,6H2,1-2H3. The van der Waals surface area contributed by atoms with Gasteiger partial charge in [0.05, 0.1) is 29.5 Å². The van der Waals surface area contributed by atoms with Gasteiger partial charge in [-0.05, 0) is 32.0 Å². The van der Waals surface area contributed by atoms with Crippen molar-refractivity contribution < 1.29 is 4.52 Å². The van der Waals surface area contributed by atoms with Crippen LogP contribution in [0.15, 0.2) is 33.8 Å². The van der Waals surface area contributed by atoms with Crippen molar-refractivity contribution >= 4 is 22.5 Å². The lowest BCUT2D eigenvalue weighted by Gasteiger charge is -2.06. The second kappa shape index (κ2) is 4.76. The highest BCUT2D eigenvalue weighted by Crippen LogP contribution is 2.16. The first-order chi connectivity index (χ1) is 9.56. The molecule has 0 fully saturated rings. The van der Waals surface area contributed by atoms with Crippen LogP contribution in [0, 0.1) is 13.8 Å². The fourth-order valence-corrected chi connectivity index (χ4v) is 2.31. The minimum Gasteiger partial charge on any atom is -0.361 e. The van der Waals surface area contributed by atoms with Crippen LogP contribution in [0.1, 0.15) is 17.0 Å². The van der Waals surface area contributed by atoms with E-state index in [0.717, 1.165) is 11.3 Å². The molecule has 0 N–H and O–H groups in total. The molecule has 2 aromatic heterocycles. The molecule has 0 aliphatic rings. The van der Waals surface area contributed by atoms with Crippen molar-refractivity contribution in [2.24, 2.45) is 0 Å². The fraction of sp³-hybridized carbons (Fsp3) is 0.214. The van der Waals surface area contributed by atoms with E-state index >= 15 is 0 Å². The van der Waals surface area contributed by atoms with Gasteiger partial charge in [-0.3, -0.25) is 9.36 Å². The van der Waals surface area contributed by atoms with E-state index in [0.29, 0.717) is 28.2 Å². The van der Waals surface area contributed by atoms with Crippen LogP contribution in [-0.4, -0.2) is 14.7 Å². The zero-order valence-corrected chi connectivity index (χ0v) is 11.8. The molecule has 0 radical (unpaired) electrons. The lowest BCUT2D eigenvalue weighted by Crippen LogP contribution is -2.21. The van der Waals surface area contributed by atoms with Gasteiger partial charge in [0.15, 0.2) is 0 Å². The lowest BCUT2D eigenvalue weighted by atomic mass is 10.2. The van der Waals surface area contributed by atoms with Crippen LogP contribution in [0.5, 0.6) is 0 Å². The first-order valence-corrected chi connectivity index (χ1v) is 6.50. The average molecular weight is 290 g/mol. The second-order valence-electron chi connectivity index (χ2n) is 4.64. The molecule has 102 valence electrons. The number of aryl methyl sites for hydroxylation is 2. The number of hydrogen-bond donors (Lipinski definition) is 0. The van der Waals surface area contributed by atoms with Crippen molar-refractivity contribution in [3.05, 3.63) is 56.9 Å². The van der Waals surface area contributed by atoms with Crippen molar-refractivity contribution in [3.8, 4) is 0 Å². The predicted molar refractivity (Wildman–Crippen MR) is 76.1 cm³/mol. The molecule has 0 bridgehead atoms. The maximum atomic E-state index is 12.4. The monoisotopic (exact) mass is 289 g/mol. The van der Waals surface area contributed by atoms with Gasteiger partial charge in [0.25, 0.3) is 5.56 Å². The Morgan fingerprint density at radius 2 is 2.15 bits per heavy atom. The van der Waals surface area contributed by atoms with Gasteiger partial charge in [-0.25, -0.2) is 4.98 Å². The molecule has 6 heteroatoms. The Labute approximate surface area is 119 Å². The number of aromatic nitrogens is 3. The summed E-state index contributed by atoms with van der Waals surface area (Å²) in [5.74, 6) is 0.709. The summed E-state index contributed by atoms with van der Waals surface area (Å²) in [7, 11) is 0. The molecule has 0 saturated carbocycles. The minimum atomic E-state index is -0.127. The molecule has 0 aliphatic carbocycles. The number of nitrogens with zero attached hydrogens (tertiary/aromatic N) is 3. The van der Waals surface area contributed by atoms with Crippen LogP contribution >= 0.6 is 11.6 Å². The van der Waals surface area contributed by atoms with E-state index in [1.54, 1.807) is 18.2 Å². The Morgan fingerprint density at radius 3 is 2.85 bits per heavy atom. The third kappa shape index (κ3) is 2.10. The summed E-state index contributed by atoms with van der Waals surface area (Å²) < 4.78 is 6.64. The summed E-state index contributed by atoms with van der Waals surface area (Å²) in [5, 5.41) is 4.91. The predicted octanol–water partition coefficient (Wildman–Crippen LogP) is 2.70. The van der Waals surface area contributed by atoms with E-state index in [2.05, 4.69) is 10.1 Å². The molecular weight excluding hydrogens is 278 g/mol.